The van der Waals surface area contributed by atoms with Crippen LogP contribution in [0.4, 0.5) is 13.2 Å². The quantitative estimate of drug-likeness (QED) is 0.669. The Hall–Kier alpha value is -0.550. The maximum Gasteiger partial charge on any atom is 0.414 e. The van der Waals surface area contributed by atoms with Crippen molar-refractivity contribution in [3.05, 3.63) is 11.6 Å². The fourth-order valence-corrected chi connectivity index (χ4v) is 4.62. The molecule has 2 fully saturated rings. The summed E-state index contributed by atoms with van der Waals surface area (Å²) < 4.78 is 51.2. The number of alkyl halides is 3. The third-order valence-electron chi connectivity index (χ3n) is 5.68. The van der Waals surface area contributed by atoms with Gasteiger partial charge in [-0.05, 0) is 51.4 Å². The molecule has 0 radical (unpaired) electrons. The van der Waals surface area contributed by atoms with Gasteiger partial charge in [0.2, 0.25) is 0 Å². The first-order valence-electron chi connectivity index (χ1n) is 8.51. The van der Waals surface area contributed by atoms with Gasteiger partial charge in [-0.15, -0.1) is 0 Å². The maximum atomic E-state index is 13.2. The van der Waals surface area contributed by atoms with E-state index in [0.717, 1.165) is 38.5 Å². The lowest BCUT2D eigenvalue weighted by Crippen LogP contribution is -2.50. The number of allylic oxidation sites excluding steroid dienone is 1. The second-order valence-electron chi connectivity index (χ2n) is 6.82. The van der Waals surface area contributed by atoms with Crippen molar-refractivity contribution >= 4 is 0 Å². The molecular weight excluding hydrogens is 293 g/mol. The molecule has 1 saturated carbocycles. The van der Waals surface area contributed by atoms with Crippen molar-refractivity contribution in [2.75, 3.05) is 6.61 Å². The minimum Gasteiger partial charge on any atom is -0.349 e. The maximum absolute atomic E-state index is 13.2. The van der Waals surface area contributed by atoms with E-state index in [1.54, 1.807) is 0 Å². The first-order chi connectivity index (χ1) is 10.4. The second kappa shape index (κ2) is 5.82. The van der Waals surface area contributed by atoms with E-state index in [1.807, 2.05) is 0 Å². The van der Waals surface area contributed by atoms with Crippen molar-refractivity contribution < 1.29 is 22.6 Å². The summed E-state index contributed by atoms with van der Waals surface area (Å²) in [6, 6.07) is 0. The average molecular weight is 318 g/mol. The monoisotopic (exact) mass is 318 g/mol. The van der Waals surface area contributed by atoms with Crippen molar-refractivity contribution in [3.8, 4) is 0 Å². The smallest absolute Gasteiger partial charge is 0.349 e. The van der Waals surface area contributed by atoms with Gasteiger partial charge >= 0.3 is 6.18 Å². The average Bonchev–Trinajstić information content (AvgIpc) is 3.00. The molecule has 1 heterocycles. The standard InChI is InChI=1S/C17H25F3O2/c1-2-14(17(18,19)20)22-16-10-6-9-15(16,11-12-21-16)13-7-4-3-5-8-13/h7,14H,2-6,8-12H2,1H3. The highest BCUT2D eigenvalue weighted by atomic mass is 19.4. The van der Waals surface area contributed by atoms with Crippen LogP contribution in [0.3, 0.4) is 0 Å². The van der Waals surface area contributed by atoms with Crippen LogP contribution >= 0.6 is 0 Å². The van der Waals surface area contributed by atoms with E-state index >= 15 is 0 Å². The van der Waals surface area contributed by atoms with Gasteiger partial charge in [0.15, 0.2) is 11.9 Å². The van der Waals surface area contributed by atoms with Gasteiger partial charge in [-0.25, -0.2) is 0 Å². The summed E-state index contributed by atoms with van der Waals surface area (Å²) in [4.78, 5) is 0. The van der Waals surface area contributed by atoms with Gasteiger partial charge in [0, 0.05) is 11.8 Å². The van der Waals surface area contributed by atoms with Gasteiger partial charge in [0.05, 0.1) is 6.61 Å². The summed E-state index contributed by atoms with van der Waals surface area (Å²) in [5.74, 6) is -1.05. The highest BCUT2D eigenvalue weighted by Gasteiger charge is 2.64. The third kappa shape index (κ3) is 2.50. The van der Waals surface area contributed by atoms with Crippen LogP contribution in [0.25, 0.3) is 0 Å². The summed E-state index contributed by atoms with van der Waals surface area (Å²) >= 11 is 0. The van der Waals surface area contributed by atoms with Crippen molar-refractivity contribution in [2.45, 2.75) is 82.8 Å². The van der Waals surface area contributed by atoms with Crippen molar-refractivity contribution in [2.24, 2.45) is 5.41 Å². The summed E-state index contributed by atoms with van der Waals surface area (Å²) in [6.45, 7) is 2.03. The SMILES string of the molecule is CCC(OC12CCCC1(C1=CCCCC1)CCO2)C(F)(F)F. The van der Waals surface area contributed by atoms with E-state index in [-0.39, 0.29) is 11.8 Å². The molecule has 0 aromatic rings. The van der Waals surface area contributed by atoms with Gasteiger partial charge in [-0.2, -0.15) is 13.2 Å². The molecule has 0 aromatic heterocycles. The van der Waals surface area contributed by atoms with Crippen LogP contribution in [0.5, 0.6) is 0 Å². The predicted octanol–water partition coefficient (Wildman–Crippen LogP) is 5.13. The fraction of sp³-hybridized carbons (Fsp3) is 0.882. The Morgan fingerprint density at radius 1 is 1.23 bits per heavy atom. The van der Waals surface area contributed by atoms with Crippen LogP contribution in [-0.4, -0.2) is 24.7 Å². The zero-order chi connectivity index (χ0) is 15.8. The number of fused-ring (bicyclic) bond motifs is 1. The van der Waals surface area contributed by atoms with E-state index in [1.165, 1.54) is 18.9 Å². The molecule has 3 aliphatic rings. The molecule has 126 valence electrons. The largest absolute Gasteiger partial charge is 0.414 e. The van der Waals surface area contributed by atoms with Crippen LogP contribution in [0.15, 0.2) is 11.6 Å². The van der Waals surface area contributed by atoms with Gasteiger partial charge in [0.1, 0.15) is 0 Å². The van der Waals surface area contributed by atoms with E-state index in [2.05, 4.69) is 6.08 Å². The number of hydrogen-bond acceptors (Lipinski definition) is 2. The highest BCUT2D eigenvalue weighted by Crippen LogP contribution is 2.62. The molecule has 5 heteroatoms. The Bertz CT molecular complexity index is 432. The molecule has 3 unspecified atom stereocenters. The molecule has 0 amide bonds. The molecule has 0 bridgehead atoms. The number of ether oxygens (including phenoxy) is 2. The summed E-state index contributed by atoms with van der Waals surface area (Å²) in [5, 5.41) is 0. The van der Waals surface area contributed by atoms with Crippen LogP contribution in [-0.2, 0) is 9.47 Å². The van der Waals surface area contributed by atoms with Crippen LogP contribution in [0.2, 0.25) is 0 Å². The molecule has 3 atom stereocenters. The van der Waals surface area contributed by atoms with Gasteiger partial charge in [0.25, 0.3) is 0 Å². The third-order valence-corrected chi connectivity index (χ3v) is 5.68. The molecule has 1 saturated heterocycles. The zero-order valence-corrected chi connectivity index (χ0v) is 13.2. The van der Waals surface area contributed by atoms with Gasteiger partial charge in [-0.1, -0.05) is 18.6 Å². The van der Waals surface area contributed by atoms with Crippen molar-refractivity contribution in [1.29, 1.82) is 0 Å². The second-order valence-corrected chi connectivity index (χ2v) is 6.82. The molecule has 1 aliphatic heterocycles. The first kappa shape index (κ1) is 16.3. The van der Waals surface area contributed by atoms with Crippen LogP contribution < -0.4 is 0 Å². The molecule has 2 aliphatic carbocycles. The minimum absolute atomic E-state index is 0.0657. The summed E-state index contributed by atoms with van der Waals surface area (Å²) in [7, 11) is 0. The van der Waals surface area contributed by atoms with E-state index in [4.69, 9.17) is 9.47 Å². The summed E-state index contributed by atoms with van der Waals surface area (Å²) in [6.07, 6.45) is 3.59. The number of hydrogen-bond donors (Lipinski definition) is 0. The lowest BCUT2D eigenvalue weighted by molar-refractivity contribution is -0.323. The Balaban J connectivity index is 1.91. The lowest BCUT2D eigenvalue weighted by Gasteiger charge is -2.43. The molecule has 0 spiro atoms. The van der Waals surface area contributed by atoms with E-state index in [0.29, 0.717) is 13.0 Å². The molecule has 0 N–H and O–H groups in total. The highest BCUT2D eigenvalue weighted by molar-refractivity contribution is 5.25. The minimum atomic E-state index is -4.33. The Kier molecular flexibility index (Phi) is 4.32. The normalized spacial score (nSPS) is 37.0. The molecule has 2 nitrogen and oxygen atoms in total. The first-order valence-corrected chi connectivity index (χ1v) is 8.51. The van der Waals surface area contributed by atoms with E-state index < -0.39 is 18.1 Å². The fourth-order valence-electron chi connectivity index (χ4n) is 4.62. The lowest BCUT2D eigenvalue weighted by atomic mass is 9.70. The van der Waals surface area contributed by atoms with Crippen LogP contribution in [0.1, 0.15) is 64.7 Å². The van der Waals surface area contributed by atoms with E-state index in [9.17, 15) is 13.2 Å². The topological polar surface area (TPSA) is 18.5 Å². The van der Waals surface area contributed by atoms with Crippen molar-refractivity contribution in [3.63, 3.8) is 0 Å². The Morgan fingerprint density at radius 3 is 2.68 bits per heavy atom. The number of rotatable bonds is 4. The molecule has 3 rings (SSSR count). The predicted molar refractivity (Wildman–Crippen MR) is 77.4 cm³/mol. The number of halogens is 3. The van der Waals surface area contributed by atoms with Gasteiger partial charge in [-0.3, -0.25) is 0 Å². The Morgan fingerprint density at radius 2 is 2.05 bits per heavy atom. The van der Waals surface area contributed by atoms with Crippen LogP contribution in [0, 0.1) is 5.41 Å². The Labute approximate surface area is 130 Å². The zero-order valence-electron chi connectivity index (χ0n) is 13.2. The molecule has 22 heavy (non-hydrogen) atoms. The van der Waals surface area contributed by atoms with Crippen molar-refractivity contribution in [1.82, 2.24) is 0 Å². The molecular formula is C17H25F3O2. The van der Waals surface area contributed by atoms with Gasteiger partial charge < -0.3 is 9.47 Å². The summed E-state index contributed by atoms with van der Waals surface area (Å²) in [5.41, 5.74) is 0.984. The molecule has 0 aromatic carbocycles.